The minimum atomic E-state index is -1.26. The molecule has 5 bridgehead atoms. The Labute approximate surface area is 259 Å². The molecule has 6 atom stereocenters. The molecule has 238 valence electrons. The van der Waals surface area contributed by atoms with E-state index in [0.29, 0.717) is 32.4 Å². The average molecular weight is 608 g/mol. The van der Waals surface area contributed by atoms with Crippen LogP contribution < -0.4 is 5.32 Å². The quantitative estimate of drug-likeness (QED) is 0.277. The second-order valence-electron chi connectivity index (χ2n) is 13.2. The largest absolute Gasteiger partial charge is 0.463 e. The van der Waals surface area contributed by atoms with E-state index < -0.39 is 41.2 Å². The van der Waals surface area contributed by atoms with E-state index in [2.05, 4.69) is 5.32 Å². The number of hydrogen-bond donors (Lipinski definition) is 2. The van der Waals surface area contributed by atoms with E-state index >= 15 is 0 Å². The van der Waals surface area contributed by atoms with Gasteiger partial charge >= 0.3 is 5.97 Å². The number of benzene rings is 1. The number of rotatable bonds is 7. The lowest BCUT2D eigenvalue weighted by Gasteiger charge is -2.41. The van der Waals surface area contributed by atoms with Crippen molar-refractivity contribution in [1.82, 2.24) is 15.1 Å². The number of carbonyl (C=O) groups is 4. The van der Waals surface area contributed by atoms with E-state index in [-0.39, 0.29) is 43.3 Å². The van der Waals surface area contributed by atoms with Gasteiger partial charge in [-0.25, -0.2) is 0 Å². The first-order valence-corrected chi connectivity index (χ1v) is 15.8. The van der Waals surface area contributed by atoms with Crippen LogP contribution in [0.25, 0.3) is 0 Å². The number of aliphatic hydroxyl groups excluding tert-OH is 1. The molecule has 44 heavy (non-hydrogen) atoms. The lowest BCUT2D eigenvalue weighted by molar-refractivity contribution is -0.150. The number of unbranched alkanes of at least 4 members (excludes halogenated alkanes) is 3. The summed E-state index contributed by atoms with van der Waals surface area (Å²) in [6, 6.07) is 7.75. The average Bonchev–Trinajstić information content (AvgIpc) is 3.63. The number of aliphatic hydroxyl groups is 1. The SMILES string of the molecule is CC(C)(C)N1C/C=C\CCC(=O)OC[C@H](c2ccccc2)NC(=O)[C@@H]2[C@H]3C(=O)N(CCCCCCO)[C@H](C1=O)[C@]31C=C[C@H]2O1. The summed E-state index contributed by atoms with van der Waals surface area (Å²) in [6.07, 6.45) is 10.3. The minimum Gasteiger partial charge on any atom is -0.463 e. The van der Waals surface area contributed by atoms with E-state index in [4.69, 9.17) is 9.47 Å². The number of nitrogens with zero attached hydrogens (tertiary/aromatic N) is 2. The number of esters is 1. The molecular weight excluding hydrogens is 562 g/mol. The van der Waals surface area contributed by atoms with Crippen LogP contribution in [0.5, 0.6) is 0 Å². The van der Waals surface area contributed by atoms with Gasteiger partial charge in [-0.3, -0.25) is 19.2 Å². The van der Waals surface area contributed by atoms with Crippen LogP contribution in [0.3, 0.4) is 0 Å². The molecule has 3 amide bonds. The smallest absolute Gasteiger partial charge is 0.306 e. The molecule has 4 heterocycles. The highest BCUT2D eigenvalue weighted by molar-refractivity contribution is 6.00. The van der Waals surface area contributed by atoms with Crippen LogP contribution in [0.15, 0.2) is 54.6 Å². The van der Waals surface area contributed by atoms with Gasteiger partial charge in [0, 0.05) is 31.7 Å². The van der Waals surface area contributed by atoms with E-state index in [1.165, 1.54) is 0 Å². The molecule has 2 N–H and O–H groups in total. The number of amides is 3. The predicted octanol–water partition coefficient (Wildman–Crippen LogP) is 3.07. The summed E-state index contributed by atoms with van der Waals surface area (Å²) < 4.78 is 12.1. The first-order chi connectivity index (χ1) is 21.1. The summed E-state index contributed by atoms with van der Waals surface area (Å²) in [5.74, 6) is -2.96. The lowest BCUT2D eigenvalue weighted by Crippen LogP contribution is -2.59. The molecule has 0 aromatic heterocycles. The van der Waals surface area contributed by atoms with Gasteiger partial charge in [0.25, 0.3) is 0 Å². The van der Waals surface area contributed by atoms with E-state index in [1.807, 2.05) is 75.4 Å². The van der Waals surface area contributed by atoms with Gasteiger partial charge in [0.1, 0.15) is 18.2 Å². The number of allylic oxidation sites excluding steroid dienone is 1. The molecule has 0 unspecified atom stereocenters. The number of ether oxygens (including phenoxy) is 2. The molecule has 2 saturated heterocycles. The van der Waals surface area contributed by atoms with E-state index in [9.17, 15) is 24.3 Å². The van der Waals surface area contributed by atoms with Crippen LogP contribution in [0, 0.1) is 11.8 Å². The van der Waals surface area contributed by atoms with Crippen molar-refractivity contribution in [3.8, 4) is 0 Å². The zero-order valence-electron chi connectivity index (χ0n) is 25.9. The Morgan fingerprint density at radius 3 is 2.48 bits per heavy atom. The molecule has 0 saturated carbocycles. The predicted molar refractivity (Wildman–Crippen MR) is 163 cm³/mol. The first kappa shape index (κ1) is 31.9. The van der Waals surface area contributed by atoms with Crippen LogP contribution in [0.2, 0.25) is 0 Å². The standard InChI is InChI=1S/C34H45N3O7/c1-33(2,3)37-20-12-7-10-16-26(39)43-22-24(23-14-8-6-9-15-23)35-30(40)27-25-17-18-34(44-25)28(27)31(41)36(29(34)32(37)42)19-11-4-5-13-21-38/h6-9,12,14-15,17-18,24-25,27-29,38H,4-5,10-11,13,16,19-22H2,1-3H3,(H,35,40)/b12-7-/t24-,25-,27+,28+,29-,34+/m1/s1. The Bertz CT molecular complexity index is 1290. The van der Waals surface area contributed by atoms with Crippen molar-refractivity contribution in [3.05, 3.63) is 60.2 Å². The number of cyclic esters (lactones) is 1. The fraction of sp³-hybridized carbons (Fsp3) is 0.588. The third kappa shape index (κ3) is 6.19. The van der Waals surface area contributed by atoms with Gasteiger partial charge < -0.3 is 29.7 Å². The summed E-state index contributed by atoms with van der Waals surface area (Å²) in [6.45, 7) is 6.56. The number of fused-ring (bicyclic) bond motifs is 2. The van der Waals surface area contributed by atoms with E-state index in [1.54, 1.807) is 9.80 Å². The fourth-order valence-electron chi connectivity index (χ4n) is 7.00. The number of likely N-dealkylation sites (tertiary alicyclic amines) is 1. The third-order valence-corrected chi connectivity index (χ3v) is 9.19. The number of hydrogen-bond acceptors (Lipinski definition) is 7. The fourth-order valence-corrected chi connectivity index (χ4v) is 7.00. The maximum atomic E-state index is 14.6. The second kappa shape index (κ2) is 13.2. The van der Waals surface area contributed by atoms with Crippen LogP contribution in [0.1, 0.15) is 70.9 Å². The van der Waals surface area contributed by atoms with Crippen molar-refractivity contribution in [2.24, 2.45) is 11.8 Å². The Balaban J connectivity index is 1.53. The normalized spacial score (nSPS) is 31.7. The molecule has 0 aliphatic carbocycles. The summed E-state index contributed by atoms with van der Waals surface area (Å²) in [7, 11) is 0. The molecule has 0 radical (unpaired) electrons. The molecule has 1 spiro atoms. The van der Waals surface area contributed by atoms with Crippen molar-refractivity contribution in [1.29, 1.82) is 0 Å². The summed E-state index contributed by atoms with van der Waals surface area (Å²) in [5.41, 5.74) is -1.06. The molecule has 4 aliphatic heterocycles. The summed E-state index contributed by atoms with van der Waals surface area (Å²) in [5, 5.41) is 12.3. The first-order valence-electron chi connectivity index (χ1n) is 15.8. The zero-order valence-corrected chi connectivity index (χ0v) is 25.9. The van der Waals surface area contributed by atoms with Crippen molar-refractivity contribution in [3.63, 3.8) is 0 Å². The topological polar surface area (TPSA) is 125 Å². The van der Waals surface area contributed by atoms with Gasteiger partial charge in [0.2, 0.25) is 17.7 Å². The third-order valence-electron chi connectivity index (χ3n) is 9.19. The van der Waals surface area contributed by atoms with E-state index in [0.717, 1.165) is 18.4 Å². The zero-order chi connectivity index (χ0) is 31.5. The van der Waals surface area contributed by atoms with Crippen molar-refractivity contribution >= 4 is 23.7 Å². The molecule has 2 fully saturated rings. The minimum absolute atomic E-state index is 0.0466. The lowest BCUT2D eigenvalue weighted by atomic mass is 9.74. The van der Waals surface area contributed by atoms with Gasteiger partial charge in [0.15, 0.2) is 0 Å². The molecule has 1 aromatic carbocycles. The molecule has 10 nitrogen and oxygen atoms in total. The Hall–Kier alpha value is -3.50. The Morgan fingerprint density at radius 2 is 1.75 bits per heavy atom. The highest BCUT2D eigenvalue weighted by Crippen LogP contribution is 2.55. The molecule has 5 rings (SSSR count). The molecular formula is C34H45N3O7. The van der Waals surface area contributed by atoms with Crippen molar-refractivity contribution in [2.75, 3.05) is 26.3 Å². The van der Waals surface area contributed by atoms with Crippen molar-refractivity contribution < 1.29 is 33.8 Å². The summed E-state index contributed by atoms with van der Waals surface area (Å²) >= 11 is 0. The Kier molecular flexibility index (Phi) is 9.60. The summed E-state index contributed by atoms with van der Waals surface area (Å²) in [4.78, 5) is 59.0. The second-order valence-corrected chi connectivity index (χ2v) is 13.2. The van der Waals surface area contributed by atoms with Gasteiger partial charge in [-0.05, 0) is 45.6 Å². The monoisotopic (exact) mass is 607 g/mol. The molecule has 4 aliphatic rings. The van der Waals surface area contributed by atoms with Crippen LogP contribution >= 0.6 is 0 Å². The van der Waals surface area contributed by atoms with Crippen LogP contribution in [-0.4, -0.2) is 88.2 Å². The maximum absolute atomic E-state index is 14.6. The van der Waals surface area contributed by atoms with Gasteiger partial charge in [-0.1, -0.05) is 67.5 Å². The van der Waals surface area contributed by atoms with Gasteiger partial charge in [-0.15, -0.1) is 0 Å². The maximum Gasteiger partial charge on any atom is 0.306 e. The van der Waals surface area contributed by atoms with Crippen LogP contribution in [0.4, 0.5) is 0 Å². The van der Waals surface area contributed by atoms with Gasteiger partial charge in [-0.2, -0.15) is 0 Å². The number of nitrogens with one attached hydrogen (secondary N) is 1. The van der Waals surface area contributed by atoms with Gasteiger partial charge in [0.05, 0.1) is 24.0 Å². The molecule has 10 heteroatoms. The Morgan fingerprint density at radius 1 is 1.00 bits per heavy atom. The highest BCUT2D eigenvalue weighted by Gasteiger charge is 2.73. The molecule has 1 aromatic rings. The highest BCUT2D eigenvalue weighted by atomic mass is 16.5. The van der Waals surface area contributed by atoms with Crippen molar-refractivity contribution in [2.45, 2.75) is 88.6 Å². The van der Waals surface area contributed by atoms with Crippen LogP contribution in [-0.2, 0) is 28.7 Å². The number of carbonyl (C=O) groups excluding carboxylic acids is 4.